The van der Waals surface area contributed by atoms with Gasteiger partial charge in [0.2, 0.25) is 0 Å². The fourth-order valence-corrected chi connectivity index (χ4v) is 3.29. The highest BCUT2D eigenvalue weighted by atomic mass is 79.9. The summed E-state index contributed by atoms with van der Waals surface area (Å²) in [6.45, 7) is 0. The van der Waals surface area contributed by atoms with Gasteiger partial charge in [-0.1, -0.05) is 33.8 Å². The van der Waals surface area contributed by atoms with Crippen LogP contribution in [-0.2, 0) is 11.2 Å². The first kappa shape index (κ1) is 14.6. The van der Waals surface area contributed by atoms with Crippen LogP contribution in [0.5, 0.6) is 0 Å². The van der Waals surface area contributed by atoms with Crippen molar-refractivity contribution in [1.82, 2.24) is 0 Å². The molecule has 0 amide bonds. The van der Waals surface area contributed by atoms with E-state index in [0.29, 0.717) is 0 Å². The van der Waals surface area contributed by atoms with E-state index in [0.717, 1.165) is 24.3 Å². The smallest absolute Gasteiger partial charge is 0.307 e. The van der Waals surface area contributed by atoms with Crippen molar-refractivity contribution < 1.29 is 9.90 Å². The maximum Gasteiger partial charge on any atom is 0.307 e. The second-order valence-electron chi connectivity index (χ2n) is 3.89. The van der Waals surface area contributed by atoms with E-state index in [1.807, 2.05) is 42.5 Å². The van der Waals surface area contributed by atoms with Crippen LogP contribution >= 0.6 is 43.6 Å². The van der Waals surface area contributed by atoms with Gasteiger partial charge in [-0.3, -0.25) is 4.79 Å². The fourth-order valence-electron chi connectivity index (χ4n) is 1.54. The normalized spacial score (nSPS) is 10.4. The van der Waals surface area contributed by atoms with Gasteiger partial charge in [0.1, 0.15) is 0 Å². The number of carboxylic acids is 1. The van der Waals surface area contributed by atoms with Gasteiger partial charge in [0.05, 0.1) is 6.42 Å². The van der Waals surface area contributed by atoms with Gasteiger partial charge < -0.3 is 5.11 Å². The summed E-state index contributed by atoms with van der Waals surface area (Å²) < 4.78 is 1.96. The molecular formula is C14H10Br2O2S. The number of carbonyl (C=O) groups is 1. The molecule has 0 radical (unpaired) electrons. The van der Waals surface area contributed by atoms with E-state index in [9.17, 15) is 4.79 Å². The van der Waals surface area contributed by atoms with E-state index in [1.165, 1.54) is 0 Å². The van der Waals surface area contributed by atoms with Gasteiger partial charge in [-0.15, -0.1) is 0 Å². The maximum atomic E-state index is 10.7. The minimum absolute atomic E-state index is 0.0435. The Balaban J connectivity index is 2.17. The number of carboxylic acid groups (broad SMARTS) is 1. The predicted octanol–water partition coefficient (Wildman–Crippen LogP) is 4.99. The van der Waals surface area contributed by atoms with Gasteiger partial charge in [-0.2, -0.15) is 0 Å². The average molecular weight is 402 g/mol. The Morgan fingerprint density at radius 1 is 1.11 bits per heavy atom. The second-order valence-corrected chi connectivity index (χ2v) is 6.78. The summed E-state index contributed by atoms with van der Waals surface area (Å²) >= 11 is 8.52. The molecule has 0 aromatic heterocycles. The molecule has 0 aliphatic rings. The standard InChI is InChI=1S/C14H10Br2O2S/c15-10-2-4-11(5-3-10)19-13-6-1-9(7-12(13)16)8-14(17)18/h1-7H,8H2,(H,17,18). The Hall–Kier alpha value is -0.780. The molecule has 2 aromatic carbocycles. The number of rotatable bonds is 4. The number of halogens is 2. The zero-order chi connectivity index (χ0) is 13.8. The summed E-state index contributed by atoms with van der Waals surface area (Å²) in [5.74, 6) is -0.819. The van der Waals surface area contributed by atoms with Crippen LogP contribution in [0.1, 0.15) is 5.56 Å². The van der Waals surface area contributed by atoms with E-state index in [2.05, 4.69) is 31.9 Å². The van der Waals surface area contributed by atoms with E-state index < -0.39 is 5.97 Å². The molecule has 0 aliphatic carbocycles. The van der Waals surface area contributed by atoms with Crippen LogP contribution in [0.2, 0.25) is 0 Å². The lowest BCUT2D eigenvalue weighted by Gasteiger charge is -2.06. The quantitative estimate of drug-likeness (QED) is 0.783. The van der Waals surface area contributed by atoms with Crippen molar-refractivity contribution in [3.63, 3.8) is 0 Å². The molecule has 2 aromatic rings. The van der Waals surface area contributed by atoms with Gasteiger partial charge in [0.25, 0.3) is 0 Å². The summed E-state index contributed by atoms with van der Waals surface area (Å²) in [5.41, 5.74) is 0.791. The molecule has 0 unspecified atom stereocenters. The minimum Gasteiger partial charge on any atom is -0.481 e. The third-order valence-corrected chi connectivity index (χ3v) is 4.92. The molecule has 0 heterocycles. The van der Waals surface area contributed by atoms with Gasteiger partial charge in [-0.25, -0.2) is 0 Å². The lowest BCUT2D eigenvalue weighted by Crippen LogP contribution is -1.99. The van der Waals surface area contributed by atoms with Gasteiger partial charge >= 0.3 is 5.97 Å². The Kier molecular flexibility index (Phi) is 5.07. The van der Waals surface area contributed by atoms with Gasteiger partial charge in [-0.05, 0) is 57.9 Å². The van der Waals surface area contributed by atoms with Crippen molar-refractivity contribution >= 4 is 49.6 Å². The molecule has 5 heteroatoms. The van der Waals surface area contributed by atoms with E-state index >= 15 is 0 Å². The predicted molar refractivity (Wildman–Crippen MR) is 83.7 cm³/mol. The Morgan fingerprint density at radius 3 is 2.37 bits per heavy atom. The van der Waals surface area contributed by atoms with Crippen LogP contribution in [0, 0.1) is 0 Å². The summed E-state index contributed by atoms with van der Waals surface area (Å²) in [4.78, 5) is 12.9. The average Bonchev–Trinajstić information content (AvgIpc) is 2.34. The van der Waals surface area contributed by atoms with Crippen LogP contribution in [0.4, 0.5) is 0 Å². The number of hydrogen-bond acceptors (Lipinski definition) is 2. The molecule has 0 aliphatic heterocycles. The van der Waals surface area contributed by atoms with Crippen molar-refractivity contribution in [3.05, 3.63) is 57.0 Å². The molecule has 98 valence electrons. The van der Waals surface area contributed by atoms with Crippen molar-refractivity contribution in [1.29, 1.82) is 0 Å². The number of aliphatic carboxylic acids is 1. The number of hydrogen-bond donors (Lipinski definition) is 1. The van der Waals surface area contributed by atoms with E-state index in [1.54, 1.807) is 11.8 Å². The minimum atomic E-state index is -0.819. The first-order chi connectivity index (χ1) is 9.04. The SMILES string of the molecule is O=C(O)Cc1ccc(Sc2ccc(Br)cc2)c(Br)c1. The van der Waals surface area contributed by atoms with Gasteiger partial charge in [0.15, 0.2) is 0 Å². The fraction of sp³-hybridized carbons (Fsp3) is 0.0714. The molecular weight excluding hydrogens is 392 g/mol. The van der Waals surface area contributed by atoms with Gasteiger partial charge in [0, 0.05) is 18.7 Å². The summed E-state index contributed by atoms with van der Waals surface area (Å²) in [6, 6.07) is 13.7. The topological polar surface area (TPSA) is 37.3 Å². The van der Waals surface area contributed by atoms with Crippen LogP contribution in [-0.4, -0.2) is 11.1 Å². The van der Waals surface area contributed by atoms with Crippen molar-refractivity contribution in [2.24, 2.45) is 0 Å². The van der Waals surface area contributed by atoms with E-state index in [4.69, 9.17) is 5.11 Å². The molecule has 0 fully saturated rings. The Bertz CT molecular complexity index is 597. The van der Waals surface area contributed by atoms with Crippen LogP contribution < -0.4 is 0 Å². The summed E-state index contributed by atoms with van der Waals surface area (Å²) in [5, 5.41) is 8.76. The monoisotopic (exact) mass is 400 g/mol. The highest BCUT2D eigenvalue weighted by Gasteiger charge is 2.06. The Morgan fingerprint density at radius 2 is 1.79 bits per heavy atom. The first-order valence-corrected chi connectivity index (χ1v) is 7.88. The van der Waals surface area contributed by atoms with Crippen LogP contribution in [0.3, 0.4) is 0 Å². The lowest BCUT2D eigenvalue weighted by atomic mass is 10.2. The third kappa shape index (κ3) is 4.37. The zero-order valence-electron chi connectivity index (χ0n) is 9.77. The largest absolute Gasteiger partial charge is 0.481 e. The van der Waals surface area contributed by atoms with Crippen molar-refractivity contribution in [2.45, 2.75) is 16.2 Å². The van der Waals surface area contributed by atoms with Crippen LogP contribution in [0.25, 0.3) is 0 Å². The molecule has 0 saturated heterocycles. The molecule has 2 nitrogen and oxygen atoms in total. The molecule has 2 rings (SSSR count). The maximum absolute atomic E-state index is 10.7. The molecule has 0 atom stereocenters. The summed E-state index contributed by atoms with van der Waals surface area (Å²) in [6.07, 6.45) is 0.0435. The third-order valence-electron chi connectivity index (χ3n) is 2.39. The lowest BCUT2D eigenvalue weighted by molar-refractivity contribution is -0.136. The van der Waals surface area contributed by atoms with Crippen molar-refractivity contribution in [2.75, 3.05) is 0 Å². The number of benzene rings is 2. The van der Waals surface area contributed by atoms with Crippen molar-refractivity contribution in [3.8, 4) is 0 Å². The Labute approximate surface area is 132 Å². The highest BCUT2D eigenvalue weighted by molar-refractivity contribution is 9.10. The summed E-state index contributed by atoms with van der Waals surface area (Å²) in [7, 11) is 0. The second kappa shape index (κ2) is 6.59. The molecule has 0 spiro atoms. The molecule has 19 heavy (non-hydrogen) atoms. The first-order valence-electron chi connectivity index (χ1n) is 5.48. The van der Waals surface area contributed by atoms with Crippen LogP contribution in [0.15, 0.2) is 61.2 Å². The molecule has 0 bridgehead atoms. The van der Waals surface area contributed by atoms with E-state index in [-0.39, 0.29) is 6.42 Å². The molecule has 0 saturated carbocycles. The zero-order valence-corrected chi connectivity index (χ0v) is 13.8. The molecule has 1 N–H and O–H groups in total. The highest BCUT2D eigenvalue weighted by Crippen LogP contribution is 2.34.